The summed E-state index contributed by atoms with van der Waals surface area (Å²) >= 11 is 0. The number of nitrogens with zero attached hydrogens (tertiary/aromatic N) is 1. The maximum atomic E-state index is 11.8. The number of likely N-dealkylation sites (tertiary alicyclic amines) is 1. The van der Waals surface area contributed by atoms with E-state index in [0.717, 1.165) is 45.4 Å². The fraction of sp³-hybridized carbons (Fsp3) is 0.909. The molecule has 2 amide bonds. The van der Waals surface area contributed by atoms with Gasteiger partial charge in [-0.05, 0) is 31.7 Å². The van der Waals surface area contributed by atoms with Crippen LogP contribution in [0.5, 0.6) is 0 Å². The first-order chi connectivity index (χ1) is 7.25. The van der Waals surface area contributed by atoms with Crippen LogP contribution in [-0.4, -0.2) is 43.2 Å². The number of hydrogen-bond donors (Lipinski definition) is 2. The molecule has 2 fully saturated rings. The number of piperidine rings is 1. The van der Waals surface area contributed by atoms with Crippen LogP contribution in [0.4, 0.5) is 4.79 Å². The zero-order chi connectivity index (χ0) is 10.7. The van der Waals surface area contributed by atoms with E-state index in [9.17, 15) is 4.79 Å². The number of carbonyl (C=O) groups is 1. The van der Waals surface area contributed by atoms with Gasteiger partial charge >= 0.3 is 6.03 Å². The van der Waals surface area contributed by atoms with Crippen molar-refractivity contribution in [2.45, 2.75) is 32.2 Å². The summed E-state index contributed by atoms with van der Waals surface area (Å²) in [4.78, 5) is 13.7. The zero-order valence-electron chi connectivity index (χ0n) is 9.46. The molecule has 4 nitrogen and oxygen atoms in total. The monoisotopic (exact) mass is 211 g/mol. The van der Waals surface area contributed by atoms with Gasteiger partial charge in [-0.3, -0.25) is 0 Å². The molecule has 0 saturated carbocycles. The Balaban J connectivity index is 1.77. The Kier molecular flexibility index (Phi) is 3.46. The highest BCUT2D eigenvalue weighted by Gasteiger charge is 2.23. The van der Waals surface area contributed by atoms with Crippen molar-refractivity contribution in [1.82, 2.24) is 15.5 Å². The molecule has 0 aromatic carbocycles. The summed E-state index contributed by atoms with van der Waals surface area (Å²) in [6.45, 7) is 6.09. The van der Waals surface area contributed by atoms with Gasteiger partial charge in [-0.25, -0.2) is 4.79 Å². The van der Waals surface area contributed by atoms with Crippen LogP contribution in [0, 0.1) is 5.92 Å². The Hall–Kier alpha value is -0.770. The standard InChI is InChI=1S/C11H21N3O/c1-9-6-10(8-12-7-9)13-11(15)14-4-2-3-5-14/h9-10,12H,2-8H2,1H3,(H,13,15). The molecule has 2 atom stereocenters. The van der Waals surface area contributed by atoms with Gasteiger partial charge in [-0.1, -0.05) is 6.92 Å². The summed E-state index contributed by atoms with van der Waals surface area (Å²) in [5.41, 5.74) is 0. The number of nitrogens with one attached hydrogen (secondary N) is 2. The van der Waals surface area contributed by atoms with Crippen molar-refractivity contribution in [3.63, 3.8) is 0 Å². The topological polar surface area (TPSA) is 44.4 Å². The van der Waals surface area contributed by atoms with E-state index < -0.39 is 0 Å². The van der Waals surface area contributed by atoms with Gasteiger partial charge in [-0.15, -0.1) is 0 Å². The van der Waals surface area contributed by atoms with Crippen LogP contribution in [0.3, 0.4) is 0 Å². The lowest BCUT2D eigenvalue weighted by Gasteiger charge is -2.30. The molecule has 2 saturated heterocycles. The number of urea groups is 1. The first-order valence-electron chi connectivity index (χ1n) is 6.02. The summed E-state index contributed by atoms with van der Waals surface area (Å²) in [6.07, 6.45) is 3.42. The molecule has 0 radical (unpaired) electrons. The molecular weight excluding hydrogens is 190 g/mol. The molecule has 0 bridgehead atoms. The second kappa shape index (κ2) is 4.84. The molecule has 2 aliphatic rings. The van der Waals surface area contributed by atoms with Gasteiger partial charge in [0.05, 0.1) is 0 Å². The molecule has 0 aromatic heterocycles. The van der Waals surface area contributed by atoms with Crippen LogP contribution in [-0.2, 0) is 0 Å². The summed E-state index contributed by atoms with van der Waals surface area (Å²) in [5, 5.41) is 6.46. The molecule has 2 rings (SSSR count). The van der Waals surface area contributed by atoms with E-state index in [-0.39, 0.29) is 6.03 Å². The molecule has 2 unspecified atom stereocenters. The Bertz CT molecular complexity index is 226. The Labute approximate surface area is 91.4 Å². The van der Waals surface area contributed by atoms with Gasteiger partial charge in [0.2, 0.25) is 0 Å². The largest absolute Gasteiger partial charge is 0.334 e. The highest BCUT2D eigenvalue weighted by Crippen LogP contribution is 2.11. The highest BCUT2D eigenvalue weighted by molar-refractivity contribution is 5.74. The van der Waals surface area contributed by atoms with E-state index in [4.69, 9.17) is 0 Å². The van der Waals surface area contributed by atoms with Gasteiger partial charge in [0.15, 0.2) is 0 Å². The SMILES string of the molecule is CC1CNCC(NC(=O)N2CCCC2)C1. The summed E-state index contributed by atoms with van der Waals surface area (Å²) in [5.74, 6) is 0.669. The number of rotatable bonds is 1. The van der Waals surface area contributed by atoms with Crippen molar-refractivity contribution >= 4 is 6.03 Å². The van der Waals surface area contributed by atoms with Crippen molar-refractivity contribution in [3.8, 4) is 0 Å². The van der Waals surface area contributed by atoms with Crippen molar-refractivity contribution < 1.29 is 4.79 Å². The molecule has 86 valence electrons. The maximum absolute atomic E-state index is 11.8. The van der Waals surface area contributed by atoms with E-state index in [1.54, 1.807) is 0 Å². The minimum Gasteiger partial charge on any atom is -0.334 e. The fourth-order valence-electron chi connectivity index (χ4n) is 2.45. The summed E-state index contributed by atoms with van der Waals surface area (Å²) in [7, 11) is 0. The van der Waals surface area contributed by atoms with Crippen molar-refractivity contribution in [3.05, 3.63) is 0 Å². The molecule has 0 aromatic rings. The van der Waals surface area contributed by atoms with Crippen LogP contribution >= 0.6 is 0 Å². The first kappa shape index (κ1) is 10.7. The normalized spacial score (nSPS) is 31.7. The third kappa shape index (κ3) is 2.84. The average Bonchev–Trinajstić information content (AvgIpc) is 2.70. The van der Waals surface area contributed by atoms with E-state index >= 15 is 0 Å². The lowest BCUT2D eigenvalue weighted by atomic mass is 9.98. The Morgan fingerprint density at radius 3 is 2.73 bits per heavy atom. The third-order valence-corrected chi connectivity index (χ3v) is 3.29. The lowest BCUT2D eigenvalue weighted by Crippen LogP contribution is -2.51. The predicted octanol–water partition coefficient (Wildman–Crippen LogP) is 0.790. The predicted molar refractivity (Wildman–Crippen MR) is 59.8 cm³/mol. The first-order valence-corrected chi connectivity index (χ1v) is 6.02. The van der Waals surface area contributed by atoms with Crippen LogP contribution in [0.1, 0.15) is 26.2 Å². The van der Waals surface area contributed by atoms with Crippen LogP contribution < -0.4 is 10.6 Å². The molecule has 4 heteroatoms. The number of amides is 2. The molecule has 0 aliphatic carbocycles. The smallest absolute Gasteiger partial charge is 0.317 e. The molecule has 2 aliphatic heterocycles. The summed E-state index contributed by atoms with van der Waals surface area (Å²) < 4.78 is 0. The minimum absolute atomic E-state index is 0.133. The van der Waals surface area contributed by atoms with E-state index in [1.165, 1.54) is 0 Å². The van der Waals surface area contributed by atoms with Gasteiger partial charge in [0.1, 0.15) is 0 Å². The molecule has 15 heavy (non-hydrogen) atoms. The number of hydrogen-bond acceptors (Lipinski definition) is 2. The highest BCUT2D eigenvalue weighted by atomic mass is 16.2. The van der Waals surface area contributed by atoms with Gasteiger partial charge in [-0.2, -0.15) is 0 Å². The van der Waals surface area contributed by atoms with E-state index in [0.29, 0.717) is 12.0 Å². The zero-order valence-corrected chi connectivity index (χ0v) is 9.46. The van der Waals surface area contributed by atoms with Crippen LogP contribution in [0.2, 0.25) is 0 Å². The van der Waals surface area contributed by atoms with Gasteiger partial charge in [0, 0.05) is 25.7 Å². The fourth-order valence-corrected chi connectivity index (χ4v) is 2.45. The summed E-state index contributed by atoms with van der Waals surface area (Å²) in [6, 6.07) is 0.454. The van der Waals surface area contributed by atoms with Crippen molar-refractivity contribution in [1.29, 1.82) is 0 Å². The van der Waals surface area contributed by atoms with Gasteiger partial charge < -0.3 is 15.5 Å². The average molecular weight is 211 g/mol. The molecule has 2 heterocycles. The number of carbonyl (C=O) groups excluding carboxylic acids is 1. The Morgan fingerprint density at radius 2 is 2.07 bits per heavy atom. The second-order valence-electron chi connectivity index (χ2n) is 4.84. The van der Waals surface area contributed by atoms with Crippen molar-refractivity contribution in [2.75, 3.05) is 26.2 Å². The minimum atomic E-state index is 0.133. The molecular formula is C11H21N3O. The van der Waals surface area contributed by atoms with Gasteiger partial charge in [0.25, 0.3) is 0 Å². The van der Waals surface area contributed by atoms with Crippen LogP contribution in [0.25, 0.3) is 0 Å². The maximum Gasteiger partial charge on any atom is 0.317 e. The Morgan fingerprint density at radius 1 is 1.33 bits per heavy atom. The van der Waals surface area contributed by atoms with E-state index in [2.05, 4.69) is 17.6 Å². The second-order valence-corrected chi connectivity index (χ2v) is 4.84. The van der Waals surface area contributed by atoms with Crippen LogP contribution in [0.15, 0.2) is 0 Å². The molecule has 0 spiro atoms. The quantitative estimate of drug-likeness (QED) is 0.673. The lowest BCUT2D eigenvalue weighted by molar-refractivity contribution is 0.198. The van der Waals surface area contributed by atoms with E-state index in [1.807, 2.05) is 4.90 Å². The third-order valence-electron chi connectivity index (χ3n) is 3.29. The molecule has 2 N–H and O–H groups in total. The van der Waals surface area contributed by atoms with Crippen molar-refractivity contribution in [2.24, 2.45) is 5.92 Å².